The number of piperidine rings is 2. The molecule has 0 spiro atoms. The summed E-state index contributed by atoms with van der Waals surface area (Å²) in [4.78, 5) is 0. The van der Waals surface area contributed by atoms with Gasteiger partial charge in [0.2, 0.25) is 0 Å². The minimum atomic E-state index is -1.37. The number of nitrogens with zero attached hydrogens (tertiary/aromatic N) is 1. The average molecular weight is 188 g/mol. The minimum absolute atomic E-state index is 0.0286. The number of rotatable bonds is 0. The van der Waals surface area contributed by atoms with Crippen LogP contribution in [0.4, 0.5) is 8.78 Å². The van der Waals surface area contributed by atoms with Crippen molar-refractivity contribution < 1.29 is 14.0 Å². The molecule has 2 nitrogen and oxygen atoms in total. The summed E-state index contributed by atoms with van der Waals surface area (Å²) in [6.45, 7) is 0. The minimum Gasteiger partial charge on any atom is -0.244 e. The molecule has 73 valence electrons. The standard InChI is InChI=1S/C9H12F2NO/c10-8-1-6-2-9(11,5-8)4-7(3-8)12(6)13/h6-7H,1-5H2. The molecule has 4 bridgehead atoms. The second-order valence-corrected chi connectivity index (χ2v) is 4.96. The van der Waals surface area contributed by atoms with Gasteiger partial charge >= 0.3 is 0 Å². The van der Waals surface area contributed by atoms with Crippen molar-refractivity contribution in [2.75, 3.05) is 0 Å². The summed E-state index contributed by atoms with van der Waals surface area (Å²) in [6.07, 6.45) is 1.02. The van der Waals surface area contributed by atoms with Gasteiger partial charge < -0.3 is 0 Å². The third-order valence-corrected chi connectivity index (χ3v) is 3.76. The summed E-state index contributed by atoms with van der Waals surface area (Å²) in [7, 11) is 0. The first kappa shape index (κ1) is 8.12. The summed E-state index contributed by atoms with van der Waals surface area (Å²) in [5, 5.41) is 12.4. The zero-order valence-corrected chi connectivity index (χ0v) is 7.30. The van der Waals surface area contributed by atoms with Gasteiger partial charge in [0.1, 0.15) is 11.3 Å². The smallest absolute Gasteiger partial charge is 0.117 e. The van der Waals surface area contributed by atoms with Crippen LogP contribution < -0.4 is 0 Å². The van der Waals surface area contributed by atoms with Crippen molar-refractivity contribution in [1.29, 1.82) is 0 Å². The van der Waals surface area contributed by atoms with Gasteiger partial charge in [-0.1, -0.05) is 0 Å². The van der Waals surface area contributed by atoms with Crippen LogP contribution in [0.1, 0.15) is 32.1 Å². The zero-order chi connectivity index (χ0) is 9.27. The molecule has 0 atom stereocenters. The van der Waals surface area contributed by atoms with E-state index in [9.17, 15) is 14.0 Å². The Hall–Kier alpha value is -0.220. The van der Waals surface area contributed by atoms with Crippen molar-refractivity contribution in [2.24, 2.45) is 0 Å². The van der Waals surface area contributed by atoms with Gasteiger partial charge in [-0.3, -0.25) is 0 Å². The number of alkyl halides is 2. The third-order valence-electron chi connectivity index (χ3n) is 3.76. The van der Waals surface area contributed by atoms with Gasteiger partial charge in [-0.15, -0.1) is 10.3 Å². The van der Waals surface area contributed by atoms with Crippen LogP contribution in [0.25, 0.3) is 0 Å². The Labute approximate surface area is 75.5 Å². The zero-order valence-electron chi connectivity index (χ0n) is 7.30. The van der Waals surface area contributed by atoms with Crippen LogP contribution in [0.3, 0.4) is 0 Å². The van der Waals surface area contributed by atoms with Gasteiger partial charge in [0, 0.05) is 18.5 Å². The van der Waals surface area contributed by atoms with Crippen LogP contribution in [-0.4, -0.2) is 28.5 Å². The molecule has 4 fully saturated rings. The maximum atomic E-state index is 13.9. The van der Waals surface area contributed by atoms with Gasteiger partial charge in [-0.05, 0) is 25.7 Å². The second-order valence-electron chi connectivity index (χ2n) is 4.96. The lowest BCUT2D eigenvalue weighted by Gasteiger charge is -2.57. The Kier molecular flexibility index (Phi) is 1.29. The first-order valence-corrected chi connectivity index (χ1v) is 4.83. The fourth-order valence-corrected chi connectivity index (χ4v) is 3.51. The third kappa shape index (κ3) is 0.987. The molecule has 0 unspecified atom stereocenters. The van der Waals surface area contributed by atoms with E-state index in [0.717, 1.165) is 5.06 Å². The molecule has 2 aliphatic heterocycles. The lowest BCUT2D eigenvalue weighted by molar-refractivity contribution is -0.304. The monoisotopic (exact) mass is 188 g/mol. The fraction of sp³-hybridized carbons (Fsp3) is 1.00. The lowest BCUT2D eigenvalue weighted by Crippen LogP contribution is -2.66. The maximum absolute atomic E-state index is 13.9. The molecule has 2 saturated heterocycles. The van der Waals surface area contributed by atoms with Gasteiger partial charge in [0.15, 0.2) is 0 Å². The highest BCUT2D eigenvalue weighted by Crippen LogP contribution is 2.56. The van der Waals surface area contributed by atoms with Crippen LogP contribution in [0.15, 0.2) is 0 Å². The topological polar surface area (TPSA) is 23.1 Å². The van der Waals surface area contributed by atoms with E-state index in [0.29, 0.717) is 0 Å². The van der Waals surface area contributed by atoms with Gasteiger partial charge in [0.25, 0.3) is 0 Å². The summed E-state index contributed by atoms with van der Waals surface area (Å²) in [6, 6.07) is -0.785. The molecule has 2 heterocycles. The molecule has 0 N–H and O–H groups in total. The lowest BCUT2D eigenvalue weighted by atomic mass is 9.61. The van der Waals surface area contributed by atoms with Crippen LogP contribution in [0, 0.1) is 0 Å². The average Bonchev–Trinajstić information content (AvgIpc) is 1.94. The Morgan fingerprint density at radius 3 is 1.77 bits per heavy atom. The SMILES string of the molecule is [O]N1C2CC3(F)CC1CC(F)(C2)C3. The number of halogens is 2. The molecule has 0 amide bonds. The predicted octanol–water partition coefficient (Wildman–Crippen LogP) is 1.78. The molecule has 0 aromatic heterocycles. The highest BCUT2D eigenvalue weighted by Gasteiger charge is 2.62. The first-order valence-electron chi connectivity index (χ1n) is 4.83. The number of hydrogen-bond donors (Lipinski definition) is 0. The largest absolute Gasteiger partial charge is 0.244 e. The quantitative estimate of drug-likeness (QED) is 0.568. The van der Waals surface area contributed by atoms with Gasteiger partial charge in [-0.25, -0.2) is 8.78 Å². The van der Waals surface area contributed by atoms with Crippen LogP contribution in [-0.2, 0) is 5.21 Å². The fourth-order valence-electron chi connectivity index (χ4n) is 3.51. The highest BCUT2D eigenvalue weighted by atomic mass is 19.2. The molecular formula is C9H12F2NO. The van der Waals surface area contributed by atoms with Crippen LogP contribution >= 0.6 is 0 Å². The Morgan fingerprint density at radius 1 is 1.00 bits per heavy atom. The Bertz CT molecular complexity index is 222. The molecule has 4 rings (SSSR count). The van der Waals surface area contributed by atoms with E-state index < -0.39 is 23.4 Å². The van der Waals surface area contributed by atoms with Crippen molar-refractivity contribution in [3.63, 3.8) is 0 Å². The van der Waals surface area contributed by atoms with Crippen molar-refractivity contribution >= 4 is 0 Å². The van der Waals surface area contributed by atoms with E-state index in [1.54, 1.807) is 0 Å². The normalized spacial score (nSPS) is 60.2. The van der Waals surface area contributed by atoms with Crippen molar-refractivity contribution in [3.8, 4) is 0 Å². The van der Waals surface area contributed by atoms with E-state index >= 15 is 0 Å². The van der Waals surface area contributed by atoms with E-state index in [4.69, 9.17) is 0 Å². The van der Waals surface area contributed by atoms with E-state index in [2.05, 4.69) is 0 Å². The first-order chi connectivity index (χ1) is 6.00. The van der Waals surface area contributed by atoms with Crippen molar-refractivity contribution in [1.82, 2.24) is 5.06 Å². The molecular weight excluding hydrogens is 176 g/mol. The van der Waals surface area contributed by atoms with E-state index in [1.165, 1.54) is 0 Å². The number of hydroxylamine groups is 2. The summed E-state index contributed by atoms with van der Waals surface area (Å²) in [5.41, 5.74) is -2.75. The van der Waals surface area contributed by atoms with Crippen molar-refractivity contribution in [2.45, 2.75) is 55.5 Å². The number of hydrogen-bond acceptors (Lipinski definition) is 1. The molecule has 2 saturated carbocycles. The summed E-state index contributed by atoms with van der Waals surface area (Å²) >= 11 is 0. The van der Waals surface area contributed by atoms with E-state index in [1.807, 2.05) is 0 Å². The molecule has 4 aliphatic rings. The van der Waals surface area contributed by atoms with Crippen LogP contribution in [0.2, 0.25) is 0 Å². The maximum Gasteiger partial charge on any atom is 0.117 e. The Morgan fingerprint density at radius 2 is 1.38 bits per heavy atom. The highest BCUT2D eigenvalue weighted by molar-refractivity contribution is 5.12. The van der Waals surface area contributed by atoms with Gasteiger partial charge in [0.05, 0.1) is 0 Å². The van der Waals surface area contributed by atoms with E-state index in [-0.39, 0.29) is 32.1 Å². The summed E-state index contributed by atoms with van der Waals surface area (Å²) < 4.78 is 27.8. The molecule has 2 aliphatic carbocycles. The van der Waals surface area contributed by atoms with Gasteiger partial charge in [-0.2, -0.15) is 0 Å². The Balaban J connectivity index is 1.99. The van der Waals surface area contributed by atoms with Crippen LogP contribution in [0.5, 0.6) is 0 Å². The molecule has 4 heteroatoms. The molecule has 1 radical (unpaired) electrons. The van der Waals surface area contributed by atoms with Crippen molar-refractivity contribution in [3.05, 3.63) is 0 Å². The molecule has 0 aromatic rings. The summed E-state index contributed by atoms with van der Waals surface area (Å²) in [5.74, 6) is 0. The second kappa shape index (κ2) is 2.06. The molecule has 0 aromatic carbocycles. The molecule has 13 heavy (non-hydrogen) atoms. The predicted molar refractivity (Wildman–Crippen MR) is 40.9 cm³/mol.